The van der Waals surface area contributed by atoms with Crippen LogP contribution in [0.4, 0.5) is 0 Å². The molecule has 0 saturated carbocycles. The van der Waals surface area contributed by atoms with Crippen molar-refractivity contribution in [2.24, 2.45) is 0 Å². The lowest BCUT2D eigenvalue weighted by molar-refractivity contribution is -0.133. The van der Waals surface area contributed by atoms with Gasteiger partial charge in [-0.15, -0.1) is 0 Å². The zero-order chi connectivity index (χ0) is 16.6. The van der Waals surface area contributed by atoms with Gasteiger partial charge in [0.15, 0.2) is 15.6 Å². The Labute approximate surface area is 136 Å². The first-order valence-corrected chi connectivity index (χ1v) is 9.81. The Morgan fingerprint density at radius 2 is 2.26 bits per heavy atom. The highest BCUT2D eigenvalue weighted by Gasteiger charge is 2.35. The summed E-state index contributed by atoms with van der Waals surface area (Å²) in [6.45, 7) is 2.81. The number of amides is 1. The molecule has 0 N–H and O–H groups in total. The topological polar surface area (TPSA) is 83.7 Å². The minimum atomic E-state index is -2.94. The molecule has 2 saturated heterocycles. The molecule has 1 amide bonds. The fraction of sp³-hybridized carbons (Fsp3) is 0.733. The first-order valence-electron chi connectivity index (χ1n) is 7.99. The molecule has 7 nitrogen and oxygen atoms in total. The number of hydrogen-bond donors (Lipinski definition) is 0. The number of sulfone groups is 1. The van der Waals surface area contributed by atoms with Crippen molar-refractivity contribution in [3.8, 4) is 0 Å². The number of carbonyl (C=O) groups excluding carboxylic acids is 1. The third-order valence-corrected chi connectivity index (χ3v) is 6.51. The molecule has 2 atom stereocenters. The highest BCUT2D eigenvalue weighted by molar-refractivity contribution is 7.91. The summed E-state index contributed by atoms with van der Waals surface area (Å²) >= 11 is 0. The Kier molecular flexibility index (Phi) is 4.46. The van der Waals surface area contributed by atoms with Crippen LogP contribution in [0.15, 0.2) is 10.6 Å². The molecule has 2 aliphatic heterocycles. The average Bonchev–Trinajstić information content (AvgIpc) is 3.17. The lowest BCUT2D eigenvalue weighted by atomic mass is 10.1. The summed E-state index contributed by atoms with van der Waals surface area (Å²) < 4.78 is 28.5. The van der Waals surface area contributed by atoms with Crippen LogP contribution in [0, 0.1) is 6.92 Å². The highest BCUT2D eigenvalue weighted by atomic mass is 32.2. The van der Waals surface area contributed by atoms with Crippen molar-refractivity contribution in [3.63, 3.8) is 0 Å². The Bertz CT molecular complexity index is 685. The van der Waals surface area contributed by atoms with Crippen molar-refractivity contribution in [2.75, 3.05) is 31.6 Å². The monoisotopic (exact) mass is 341 g/mol. The van der Waals surface area contributed by atoms with Gasteiger partial charge in [0.25, 0.3) is 0 Å². The van der Waals surface area contributed by atoms with Gasteiger partial charge in [0.2, 0.25) is 5.91 Å². The van der Waals surface area contributed by atoms with Crippen LogP contribution in [0.3, 0.4) is 0 Å². The van der Waals surface area contributed by atoms with E-state index in [1.807, 2.05) is 29.8 Å². The lowest BCUT2D eigenvalue weighted by Crippen LogP contribution is -2.43. The minimum absolute atomic E-state index is 0.0216. The van der Waals surface area contributed by atoms with Gasteiger partial charge in [-0.2, -0.15) is 0 Å². The van der Waals surface area contributed by atoms with E-state index in [2.05, 4.69) is 5.16 Å². The van der Waals surface area contributed by atoms with E-state index < -0.39 is 9.84 Å². The normalized spacial score (nSPS) is 27.0. The second-order valence-corrected chi connectivity index (χ2v) is 8.82. The van der Waals surface area contributed by atoms with Crippen LogP contribution in [0.1, 0.15) is 36.8 Å². The summed E-state index contributed by atoms with van der Waals surface area (Å²) in [5.41, 5.74) is 0.813. The van der Waals surface area contributed by atoms with Gasteiger partial charge in [-0.25, -0.2) is 8.42 Å². The summed E-state index contributed by atoms with van der Waals surface area (Å²) in [6.07, 6.45) is 2.43. The molecule has 0 bridgehead atoms. The summed E-state index contributed by atoms with van der Waals surface area (Å²) in [5.74, 6) is 1.13. The maximum absolute atomic E-state index is 12.6. The lowest BCUT2D eigenvalue weighted by Gasteiger charge is -2.28. The fourth-order valence-electron chi connectivity index (χ4n) is 3.46. The van der Waals surface area contributed by atoms with Gasteiger partial charge in [-0.1, -0.05) is 5.16 Å². The molecule has 1 aromatic rings. The van der Waals surface area contributed by atoms with Gasteiger partial charge in [-0.05, 0) is 33.2 Å². The quantitative estimate of drug-likeness (QED) is 0.804. The number of nitrogens with zero attached hydrogens (tertiary/aromatic N) is 3. The van der Waals surface area contributed by atoms with Gasteiger partial charge < -0.3 is 9.42 Å². The molecule has 128 valence electrons. The van der Waals surface area contributed by atoms with E-state index in [9.17, 15) is 13.2 Å². The number of carbonyl (C=O) groups is 1. The standard InChI is InChI=1S/C15H23N3O4S/c1-11-8-14(22-16-11)13-4-3-6-18(13)15(19)9-17(2)12-5-7-23(20,21)10-12/h8,12-13H,3-7,9-10H2,1-2H3. The highest BCUT2D eigenvalue weighted by Crippen LogP contribution is 2.32. The second kappa shape index (κ2) is 6.24. The first kappa shape index (κ1) is 16.4. The zero-order valence-corrected chi connectivity index (χ0v) is 14.4. The Morgan fingerprint density at radius 1 is 1.48 bits per heavy atom. The van der Waals surface area contributed by atoms with Gasteiger partial charge in [0, 0.05) is 18.7 Å². The molecule has 3 heterocycles. The Hall–Kier alpha value is -1.41. The molecule has 23 heavy (non-hydrogen) atoms. The van der Waals surface area contributed by atoms with Crippen molar-refractivity contribution in [3.05, 3.63) is 17.5 Å². The van der Waals surface area contributed by atoms with Gasteiger partial charge >= 0.3 is 0 Å². The Balaban J connectivity index is 1.63. The van der Waals surface area contributed by atoms with Gasteiger partial charge in [-0.3, -0.25) is 9.69 Å². The van der Waals surface area contributed by atoms with E-state index in [4.69, 9.17) is 4.52 Å². The molecule has 0 spiro atoms. The number of hydrogen-bond acceptors (Lipinski definition) is 6. The van der Waals surface area contributed by atoms with E-state index in [0.717, 1.165) is 24.3 Å². The predicted octanol–water partition coefficient (Wildman–Crippen LogP) is 0.765. The maximum atomic E-state index is 12.6. The van der Waals surface area contributed by atoms with Crippen LogP contribution in [0.5, 0.6) is 0 Å². The van der Waals surface area contributed by atoms with E-state index in [-0.39, 0.29) is 36.0 Å². The number of likely N-dealkylation sites (tertiary alicyclic amines) is 1. The SMILES string of the molecule is Cc1cc(C2CCCN2C(=O)CN(C)C2CCS(=O)(=O)C2)on1. The minimum Gasteiger partial charge on any atom is -0.359 e. The van der Waals surface area contributed by atoms with Gasteiger partial charge in [0.05, 0.1) is 29.8 Å². The molecule has 2 aliphatic rings. The van der Waals surface area contributed by atoms with Crippen LogP contribution in [-0.4, -0.2) is 67.0 Å². The van der Waals surface area contributed by atoms with Crippen LogP contribution < -0.4 is 0 Å². The maximum Gasteiger partial charge on any atom is 0.237 e. The van der Waals surface area contributed by atoms with Crippen molar-refractivity contribution >= 4 is 15.7 Å². The molecule has 3 rings (SSSR count). The molecule has 8 heteroatoms. The van der Waals surface area contributed by atoms with Crippen LogP contribution in [0.25, 0.3) is 0 Å². The first-order chi connectivity index (χ1) is 10.9. The summed E-state index contributed by atoms with van der Waals surface area (Å²) in [6, 6.07) is 1.77. The van der Waals surface area contributed by atoms with Crippen molar-refractivity contribution in [1.82, 2.24) is 15.0 Å². The molecule has 0 aliphatic carbocycles. The zero-order valence-electron chi connectivity index (χ0n) is 13.6. The third-order valence-electron chi connectivity index (χ3n) is 4.76. The number of rotatable bonds is 4. The third kappa shape index (κ3) is 3.58. The molecule has 2 fully saturated rings. The van der Waals surface area contributed by atoms with Crippen LogP contribution in [0.2, 0.25) is 0 Å². The number of aryl methyl sites for hydroxylation is 1. The largest absolute Gasteiger partial charge is 0.359 e. The van der Waals surface area contributed by atoms with Crippen molar-refractivity contribution in [1.29, 1.82) is 0 Å². The van der Waals surface area contributed by atoms with E-state index in [1.54, 1.807) is 0 Å². The molecule has 2 unspecified atom stereocenters. The summed E-state index contributed by atoms with van der Waals surface area (Å²) in [4.78, 5) is 16.3. The van der Waals surface area contributed by atoms with Crippen LogP contribution >= 0.6 is 0 Å². The number of aromatic nitrogens is 1. The molecule has 1 aromatic heterocycles. The summed E-state index contributed by atoms with van der Waals surface area (Å²) in [7, 11) is -1.11. The average molecular weight is 341 g/mol. The smallest absolute Gasteiger partial charge is 0.237 e. The molecule has 0 radical (unpaired) electrons. The molecular weight excluding hydrogens is 318 g/mol. The predicted molar refractivity (Wildman–Crippen MR) is 84.6 cm³/mol. The fourth-order valence-corrected chi connectivity index (χ4v) is 5.26. The number of likely N-dealkylation sites (N-methyl/N-ethyl adjacent to an activating group) is 1. The van der Waals surface area contributed by atoms with E-state index in [0.29, 0.717) is 13.0 Å². The summed E-state index contributed by atoms with van der Waals surface area (Å²) in [5, 5.41) is 3.90. The second-order valence-electron chi connectivity index (χ2n) is 6.59. The van der Waals surface area contributed by atoms with Crippen molar-refractivity contribution in [2.45, 2.75) is 38.3 Å². The van der Waals surface area contributed by atoms with E-state index >= 15 is 0 Å². The van der Waals surface area contributed by atoms with Crippen molar-refractivity contribution < 1.29 is 17.7 Å². The molecular formula is C15H23N3O4S. The van der Waals surface area contributed by atoms with Crippen LogP contribution in [-0.2, 0) is 14.6 Å². The molecule has 0 aromatic carbocycles. The van der Waals surface area contributed by atoms with Gasteiger partial charge in [0.1, 0.15) is 0 Å². The van der Waals surface area contributed by atoms with E-state index in [1.165, 1.54) is 0 Å². The Morgan fingerprint density at radius 3 is 2.87 bits per heavy atom.